The molecular formula is C14H15N5S. The van der Waals surface area contributed by atoms with Gasteiger partial charge in [0, 0.05) is 29.7 Å². The Labute approximate surface area is 121 Å². The number of anilines is 1. The zero-order valence-electron chi connectivity index (χ0n) is 11.4. The van der Waals surface area contributed by atoms with E-state index in [-0.39, 0.29) is 0 Å². The second kappa shape index (κ2) is 5.42. The van der Waals surface area contributed by atoms with Crippen LogP contribution in [0, 0.1) is 13.8 Å². The molecule has 1 N–H and O–H groups in total. The minimum Gasteiger partial charge on any atom is -0.376 e. The largest absolute Gasteiger partial charge is 0.376 e. The average Bonchev–Trinajstić information content (AvgIpc) is 3.05. The van der Waals surface area contributed by atoms with Crippen LogP contribution >= 0.6 is 11.3 Å². The first-order chi connectivity index (χ1) is 9.74. The molecule has 3 heterocycles. The van der Waals surface area contributed by atoms with E-state index >= 15 is 0 Å². The van der Waals surface area contributed by atoms with Crippen LogP contribution in [0.15, 0.2) is 36.1 Å². The minimum atomic E-state index is 0.699. The molecule has 0 unspecified atom stereocenters. The zero-order valence-corrected chi connectivity index (χ0v) is 12.2. The van der Waals surface area contributed by atoms with Crippen molar-refractivity contribution in [2.75, 3.05) is 5.32 Å². The standard InChI is InChI=1S/C14H15N5S/c1-10-9-20-13(18-10)8-17-12-4-3-5-16-14(12)19-7-6-15-11(19)2/h3-7,9,17H,8H2,1-2H3. The van der Waals surface area contributed by atoms with E-state index in [1.807, 2.05) is 36.7 Å². The molecule has 0 fully saturated rings. The molecular weight excluding hydrogens is 270 g/mol. The summed E-state index contributed by atoms with van der Waals surface area (Å²) < 4.78 is 1.97. The van der Waals surface area contributed by atoms with E-state index in [1.54, 1.807) is 23.7 Å². The number of thiazole rings is 1. The van der Waals surface area contributed by atoms with Crippen LogP contribution < -0.4 is 5.32 Å². The van der Waals surface area contributed by atoms with Gasteiger partial charge in [-0.3, -0.25) is 4.57 Å². The van der Waals surface area contributed by atoms with Gasteiger partial charge in [0.1, 0.15) is 10.8 Å². The van der Waals surface area contributed by atoms with Crippen molar-refractivity contribution in [2.24, 2.45) is 0 Å². The van der Waals surface area contributed by atoms with Gasteiger partial charge in [0.15, 0.2) is 5.82 Å². The summed E-state index contributed by atoms with van der Waals surface area (Å²) in [6, 6.07) is 3.94. The van der Waals surface area contributed by atoms with Crippen molar-refractivity contribution in [3.8, 4) is 5.82 Å². The molecule has 0 aromatic carbocycles. The van der Waals surface area contributed by atoms with Crippen molar-refractivity contribution < 1.29 is 0 Å². The Morgan fingerprint density at radius 1 is 1.25 bits per heavy atom. The highest BCUT2D eigenvalue weighted by molar-refractivity contribution is 7.09. The van der Waals surface area contributed by atoms with Crippen molar-refractivity contribution in [3.05, 3.63) is 52.6 Å². The third kappa shape index (κ3) is 2.55. The zero-order chi connectivity index (χ0) is 13.9. The fourth-order valence-corrected chi connectivity index (χ4v) is 2.69. The highest BCUT2D eigenvalue weighted by Gasteiger charge is 2.08. The predicted molar refractivity (Wildman–Crippen MR) is 80.3 cm³/mol. The van der Waals surface area contributed by atoms with Gasteiger partial charge in [-0.15, -0.1) is 11.3 Å². The maximum atomic E-state index is 4.45. The summed E-state index contributed by atoms with van der Waals surface area (Å²) in [5.41, 5.74) is 2.03. The van der Waals surface area contributed by atoms with E-state index in [0.29, 0.717) is 6.54 Å². The molecule has 0 aliphatic rings. The molecule has 0 radical (unpaired) electrons. The third-order valence-electron chi connectivity index (χ3n) is 2.94. The Morgan fingerprint density at radius 3 is 2.85 bits per heavy atom. The molecule has 0 saturated heterocycles. The van der Waals surface area contributed by atoms with Crippen LogP contribution in [-0.4, -0.2) is 19.5 Å². The fourth-order valence-electron chi connectivity index (χ4n) is 1.98. The number of aryl methyl sites for hydroxylation is 2. The monoisotopic (exact) mass is 285 g/mol. The molecule has 0 amide bonds. The van der Waals surface area contributed by atoms with Crippen LogP contribution in [0.2, 0.25) is 0 Å². The summed E-state index contributed by atoms with van der Waals surface area (Å²) in [6.07, 6.45) is 5.47. The van der Waals surface area contributed by atoms with Gasteiger partial charge in [0.25, 0.3) is 0 Å². The predicted octanol–water partition coefficient (Wildman–Crippen LogP) is 2.95. The molecule has 0 atom stereocenters. The molecule has 0 aliphatic carbocycles. The van der Waals surface area contributed by atoms with Gasteiger partial charge >= 0.3 is 0 Å². The van der Waals surface area contributed by atoms with Crippen molar-refractivity contribution in [1.82, 2.24) is 19.5 Å². The fraction of sp³-hybridized carbons (Fsp3) is 0.214. The van der Waals surface area contributed by atoms with Gasteiger partial charge in [-0.2, -0.15) is 0 Å². The Bertz CT molecular complexity index is 716. The lowest BCUT2D eigenvalue weighted by atomic mass is 10.3. The summed E-state index contributed by atoms with van der Waals surface area (Å²) in [5, 5.41) is 6.52. The second-order valence-corrected chi connectivity index (χ2v) is 5.40. The molecule has 0 bridgehead atoms. The number of hydrogen-bond donors (Lipinski definition) is 1. The Hall–Kier alpha value is -2.21. The molecule has 3 aromatic heterocycles. The van der Waals surface area contributed by atoms with Crippen LogP contribution in [0.5, 0.6) is 0 Å². The number of aromatic nitrogens is 4. The smallest absolute Gasteiger partial charge is 0.161 e. The number of pyridine rings is 1. The van der Waals surface area contributed by atoms with Crippen molar-refractivity contribution >= 4 is 17.0 Å². The molecule has 3 aromatic rings. The van der Waals surface area contributed by atoms with Gasteiger partial charge in [-0.1, -0.05) is 0 Å². The molecule has 3 rings (SSSR count). The van der Waals surface area contributed by atoms with Crippen molar-refractivity contribution in [3.63, 3.8) is 0 Å². The van der Waals surface area contributed by atoms with Crippen LogP contribution in [0.25, 0.3) is 5.82 Å². The summed E-state index contributed by atoms with van der Waals surface area (Å²) in [6.45, 7) is 4.66. The Balaban J connectivity index is 1.85. The Kier molecular flexibility index (Phi) is 3.47. The molecule has 5 nitrogen and oxygen atoms in total. The third-order valence-corrected chi connectivity index (χ3v) is 3.90. The maximum absolute atomic E-state index is 4.45. The van der Waals surface area contributed by atoms with E-state index < -0.39 is 0 Å². The molecule has 0 saturated carbocycles. The summed E-state index contributed by atoms with van der Waals surface area (Å²) in [4.78, 5) is 13.1. The summed E-state index contributed by atoms with van der Waals surface area (Å²) in [7, 11) is 0. The van der Waals surface area contributed by atoms with E-state index in [4.69, 9.17) is 0 Å². The molecule has 6 heteroatoms. The van der Waals surface area contributed by atoms with Gasteiger partial charge in [-0.05, 0) is 26.0 Å². The van der Waals surface area contributed by atoms with Crippen molar-refractivity contribution in [2.45, 2.75) is 20.4 Å². The van der Waals surface area contributed by atoms with Crippen LogP contribution in [0.4, 0.5) is 5.69 Å². The maximum Gasteiger partial charge on any atom is 0.161 e. The SMILES string of the molecule is Cc1csc(CNc2cccnc2-n2ccnc2C)n1. The van der Waals surface area contributed by atoms with Crippen molar-refractivity contribution in [1.29, 1.82) is 0 Å². The Morgan fingerprint density at radius 2 is 2.15 bits per heavy atom. The lowest BCUT2D eigenvalue weighted by Gasteiger charge is -2.11. The normalized spacial score (nSPS) is 10.7. The second-order valence-electron chi connectivity index (χ2n) is 4.46. The lowest BCUT2D eigenvalue weighted by Crippen LogP contribution is -2.06. The van der Waals surface area contributed by atoms with Gasteiger partial charge < -0.3 is 5.32 Å². The molecule has 102 valence electrons. The van der Waals surface area contributed by atoms with Crippen LogP contribution in [-0.2, 0) is 6.54 Å². The number of rotatable bonds is 4. The molecule has 0 spiro atoms. The number of nitrogens with one attached hydrogen (secondary N) is 1. The van der Waals surface area contributed by atoms with E-state index in [2.05, 4.69) is 25.6 Å². The number of nitrogens with zero attached hydrogens (tertiary/aromatic N) is 4. The number of hydrogen-bond acceptors (Lipinski definition) is 5. The first-order valence-electron chi connectivity index (χ1n) is 6.34. The van der Waals surface area contributed by atoms with Gasteiger partial charge in [0.05, 0.1) is 12.2 Å². The highest BCUT2D eigenvalue weighted by atomic mass is 32.1. The number of imidazole rings is 1. The van der Waals surface area contributed by atoms with E-state index in [9.17, 15) is 0 Å². The minimum absolute atomic E-state index is 0.699. The molecule has 0 aliphatic heterocycles. The van der Waals surface area contributed by atoms with Crippen LogP contribution in [0.1, 0.15) is 16.5 Å². The topological polar surface area (TPSA) is 55.6 Å². The summed E-state index contributed by atoms with van der Waals surface area (Å²) in [5.74, 6) is 1.77. The first-order valence-corrected chi connectivity index (χ1v) is 7.22. The van der Waals surface area contributed by atoms with Gasteiger partial charge in [0.2, 0.25) is 0 Å². The first kappa shape index (κ1) is 12.8. The van der Waals surface area contributed by atoms with E-state index in [0.717, 1.165) is 28.0 Å². The van der Waals surface area contributed by atoms with E-state index in [1.165, 1.54) is 0 Å². The van der Waals surface area contributed by atoms with Gasteiger partial charge in [-0.25, -0.2) is 15.0 Å². The average molecular weight is 285 g/mol. The quantitative estimate of drug-likeness (QED) is 0.800. The van der Waals surface area contributed by atoms with Crippen LogP contribution in [0.3, 0.4) is 0 Å². The molecule has 20 heavy (non-hydrogen) atoms. The lowest BCUT2D eigenvalue weighted by molar-refractivity contribution is 0.928. The summed E-state index contributed by atoms with van der Waals surface area (Å²) >= 11 is 1.66. The highest BCUT2D eigenvalue weighted by Crippen LogP contribution is 2.20.